The standard InChI is InChI=1S/C15H9BrClF2NO/c16-6-10-4-13(18)15(14(19)5-10)21-8-11-2-1-9(7-20)3-12(11)17/h1-5H,6,8H2. The van der Waals surface area contributed by atoms with Crippen LogP contribution in [0.25, 0.3) is 0 Å². The molecule has 0 atom stereocenters. The van der Waals surface area contributed by atoms with Gasteiger partial charge in [-0.05, 0) is 29.8 Å². The van der Waals surface area contributed by atoms with Crippen LogP contribution in [0.1, 0.15) is 16.7 Å². The van der Waals surface area contributed by atoms with Crippen LogP contribution < -0.4 is 4.74 Å². The van der Waals surface area contributed by atoms with Crippen LogP contribution in [-0.4, -0.2) is 0 Å². The van der Waals surface area contributed by atoms with Crippen molar-refractivity contribution in [2.45, 2.75) is 11.9 Å². The SMILES string of the molecule is N#Cc1ccc(COc2c(F)cc(CBr)cc2F)c(Cl)c1. The van der Waals surface area contributed by atoms with Crippen LogP contribution in [0.2, 0.25) is 5.02 Å². The van der Waals surface area contributed by atoms with Crippen LogP contribution in [0, 0.1) is 23.0 Å². The third-order valence-corrected chi connectivity index (χ3v) is 3.77. The summed E-state index contributed by atoms with van der Waals surface area (Å²) in [5.74, 6) is -1.98. The maximum absolute atomic E-state index is 13.8. The fourth-order valence-corrected chi connectivity index (χ4v) is 2.27. The molecular formula is C15H9BrClF2NO. The molecule has 0 bridgehead atoms. The lowest BCUT2D eigenvalue weighted by atomic mass is 10.1. The van der Waals surface area contributed by atoms with E-state index in [4.69, 9.17) is 21.6 Å². The van der Waals surface area contributed by atoms with Gasteiger partial charge in [0.15, 0.2) is 17.4 Å². The van der Waals surface area contributed by atoms with E-state index in [1.54, 1.807) is 12.1 Å². The Hall–Kier alpha value is -1.64. The van der Waals surface area contributed by atoms with E-state index in [2.05, 4.69) is 15.9 Å². The molecule has 0 aromatic heterocycles. The number of nitrogens with zero attached hydrogens (tertiary/aromatic N) is 1. The first-order valence-corrected chi connectivity index (χ1v) is 7.40. The summed E-state index contributed by atoms with van der Waals surface area (Å²) in [5.41, 5.74) is 1.43. The molecule has 0 N–H and O–H groups in total. The number of alkyl halides is 1. The number of ether oxygens (including phenoxy) is 1. The first-order valence-electron chi connectivity index (χ1n) is 5.90. The van der Waals surface area contributed by atoms with Crippen molar-refractivity contribution in [2.24, 2.45) is 0 Å². The zero-order chi connectivity index (χ0) is 15.4. The number of halogens is 4. The lowest BCUT2D eigenvalue weighted by molar-refractivity contribution is 0.274. The molecule has 0 aliphatic heterocycles. The van der Waals surface area contributed by atoms with E-state index in [1.165, 1.54) is 18.2 Å². The van der Waals surface area contributed by atoms with Crippen molar-refractivity contribution in [3.8, 4) is 11.8 Å². The summed E-state index contributed by atoms with van der Waals surface area (Å²) in [7, 11) is 0. The van der Waals surface area contributed by atoms with Crippen molar-refractivity contribution in [3.05, 3.63) is 63.7 Å². The summed E-state index contributed by atoms with van der Waals surface area (Å²) in [6.07, 6.45) is 0. The van der Waals surface area contributed by atoms with Crippen LogP contribution in [0.5, 0.6) is 5.75 Å². The topological polar surface area (TPSA) is 33.0 Å². The van der Waals surface area contributed by atoms with Gasteiger partial charge in [0, 0.05) is 15.9 Å². The largest absolute Gasteiger partial charge is 0.483 e. The molecular weight excluding hydrogens is 364 g/mol. The molecule has 0 unspecified atom stereocenters. The maximum Gasteiger partial charge on any atom is 0.191 e. The molecule has 108 valence electrons. The van der Waals surface area contributed by atoms with Gasteiger partial charge >= 0.3 is 0 Å². The number of hydrogen-bond acceptors (Lipinski definition) is 2. The summed E-state index contributed by atoms with van der Waals surface area (Å²) in [4.78, 5) is 0. The van der Waals surface area contributed by atoms with Crippen molar-refractivity contribution in [1.82, 2.24) is 0 Å². The van der Waals surface area contributed by atoms with Crippen molar-refractivity contribution in [1.29, 1.82) is 5.26 Å². The summed E-state index contributed by atoms with van der Waals surface area (Å²) >= 11 is 9.11. The monoisotopic (exact) mass is 371 g/mol. The molecule has 6 heteroatoms. The highest BCUT2D eigenvalue weighted by molar-refractivity contribution is 9.08. The van der Waals surface area contributed by atoms with E-state index in [0.717, 1.165) is 0 Å². The second kappa shape index (κ2) is 6.88. The molecule has 2 aromatic rings. The average Bonchev–Trinajstić information content (AvgIpc) is 2.47. The lowest BCUT2D eigenvalue weighted by Gasteiger charge is -2.10. The molecule has 2 nitrogen and oxygen atoms in total. The first-order chi connectivity index (χ1) is 10.0. The third-order valence-electron chi connectivity index (χ3n) is 2.77. The Morgan fingerprint density at radius 3 is 2.38 bits per heavy atom. The minimum Gasteiger partial charge on any atom is -0.483 e. The van der Waals surface area contributed by atoms with Crippen LogP contribution in [-0.2, 0) is 11.9 Å². The van der Waals surface area contributed by atoms with Crippen molar-refractivity contribution >= 4 is 27.5 Å². The molecule has 0 saturated carbocycles. The molecule has 2 rings (SSSR count). The zero-order valence-electron chi connectivity index (χ0n) is 10.7. The Morgan fingerprint density at radius 2 is 1.86 bits per heavy atom. The number of hydrogen-bond donors (Lipinski definition) is 0. The summed E-state index contributed by atoms with van der Waals surface area (Å²) in [6.45, 7) is -0.0912. The third kappa shape index (κ3) is 3.72. The highest BCUT2D eigenvalue weighted by Crippen LogP contribution is 2.26. The minimum atomic E-state index is -0.769. The van der Waals surface area contributed by atoms with E-state index in [1.807, 2.05) is 6.07 Å². The van der Waals surface area contributed by atoms with Crippen LogP contribution in [0.3, 0.4) is 0 Å². The molecule has 0 amide bonds. The van der Waals surface area contributed by atoms with Gasteiger partial charge in [-0.15, -0.1) is 0 Å². The molecule has 0 saturated heterocycles. The molecule has 0 aliphatic rings. The predicted octanol–water partition coefficient (Wildman–Crippen LogP) is 4.96. The molecule has 2 aromatic carbocycles. The van der Waals surface area contributed by atoms with Crippen molar-refractivity contribution in [3.63, 3.8) is 0 Å². The zero-order valence-corrected chi connectivity index (χ0v) is 13.0. The van der Waals surface area contributed by atoms with Crippen molar-refractivity contribution in [2.75, 3.05) is 0 Å². The van der Waals surface area contributed by atoms with Gasteiger partial charge in [-0.25, -0.2) is 8.78 Å². The number of rotatable bonds is 4. The fourth-order valence-electron chi connectivity index (χ4n) is 1.71. The van der Waals surface area contributed by atoms with E-state index in [0.29, 0.717) is 27.0 Å². The van der Waals surface area contributed by atoms with Gasteiger partial charge in [0.1, 0.15) is 6.61 Å². The summed E-state index contributed by atoms with van der Waals surface area (Å²) in [6, 6.07) is 8.97. The Balaban J connectivity index is 2.19. The Bertz CT molecular complexity index is 692. The van der Waals surface area contributed by atoms with E-state index in [-0.39, 0.29) is 6.61 Å². The Labute approximate surface area is 134 Å². The number of nitriles is 1. The molecule has 0 spiro atoms. The molecule has 21 heavy (non-hydrogen) atoms. The molecule has 0 fully saturated rings. The minimum absolute atomic E-state index is 0.0912. The van der Waals surface area contributed by atoms with Crippen LogP contribution in [0.15, 0.2) is 30.3 Å². The normalized spacial score (nSPS) is 10.2. The summed E-state index contributed by atoms with van der Waals surface area (Å²) < 4.78 is 32.7. The van der Waals surface area contributed by atoms with Gasteiger partial charge < -0.3 is 4.74 Å². The second-order valence-corrected chi connectivity index (χ2v) is 5.20. The average molecular weight is 373 g/mol. The van der Waals surface area contributed by atoms with E-state index >= 15 is 0 Å². The smallest absolute Gasteiger partial charge is 0.191 e. The van der Waals surface area contributed by atoms with E-state index in [9.17, 15) is 8.78 Å². The molecule has 0 radical (unpaired) electrons. The van der Waals surface area contributed by atoms with E-state index < -0.39 is 17.4 Å². The highest BCUT2D eigenvalue weighted by Gasteiger charge is 2.13. The lowest BCUT2D eigenvalue weighted by Crippen LogP contribution is -2.01. The predicted molar refractivity (Wildman–Crippen MR) is 79.5 cm³/mol. The van der Waals surface area contributed by atoms with Gasteiger partial charge in [0.2, 0.25) is 0 Å². The summed E-state index contributed by atoms with van der Waals surface area (Å²) in [5, 5.41) is 9.40. The molecule has 0 aliphatic carbocycles. The van der Waals surface area contributed by atoms with Gasteiger partial charge in [0.25, 0.3) is 0 Å². The van der Waals surface area contributed by atoms with Gasteiger partial charge in [-0.1, -0.05) is 33.6 Å². The van der Waals surface area contributed by atoms with Gasteiger partial charge in [-0.3, -0.25) is 0 Å². The Morgan fingerprint density at radius 1 is 1.19 bits per heavy atom. The fraction of sp³-hybridized carbons (Fsp3) is 0.133. The quantitative estimate of drug-likeness (QED) is 0.710. The second-order valence-electron chi connectivity index (χ2n) is 4.23. The van der Waals surface area contributed by atoms with Crippen molar-refractivity contribution < 1.29 is 13.5 Å². The van der Waals surface area contributed by atoms with Gasteiger partial charge in [0.05, 0.1) is 11.6 Å². The maximum atomic E-state index is 13.8. The highest BCUT2D eigenvalue weighted by atomic mass is 79.9. The Kier molecular flexibility index (Phi) is 5.16. The first kappa shape index (κ1) is 15.7. The number of benzene rings is 2. The van der Waals surface area contributed by atoms with Gasteiger partial charge in [-0.2, -0.15) is 5.26 Å². The van der Waals surface area contributed by atoms with Crippen LogP contribution in [0.4, 0.5) is 8.78 Å². The molecule has 0 heterocycles. The van der Waals surface area contributed by atoms with Crippen LogP contribution >= 0.6 is 27.5 Å².